The smallest absolute Gasteiger partial charge is 0.416 e. The summed E-state index contributed by atoms with van der Waals surface area (Å²) in [4.78, 5) is 24.5. The zero-order valence-electron chi connectivity index (χ0n) is 20.4. The Morgan fingerprint density at radius 3 is 2.53 bits per heavy atom. The number of hydrogen-bond donors (Lipinski definition) is 2. The van der Waals surface area contributed by atoms with Crippen LogP contribution in [-0.2, 0) is 29.4 Å². The summed E-state index contributed by atoms with van der Waals surface area (Å²) in [5.74, 6) is 0.442. The minimum atomic E-state index is -4.57. The molecule has 9 nitrogen and oxygen atoms in total. The van der Waals surface area contributed by atoms with Crippen LogP contribution in [0.5, 0.6) is 11.5 Å². The number of thioether (sulfide) groups is 1. The number of halogens is 4. The highest BCUT2D eigenvalue weighted by Crippen LogP contribution is 2.34. The third kappa shape index (κ3) is 7.65. The summed E-state index contributed by atoms with van der Waals surface area (Å²) in [7, 11) is 4.71. The van der Waals surface area contributed by atoms with E-state index >= 15 is 0 Å². The van der Waals surface area contributed by atoms with Crippen molar-refractivity contribution in [2.45, 2.75) is 17.9 Å². The highest BCUT2D eigenvalue weighted by Gasteiger charge is 2.31. The van der Waals surface area contributed by atoms with Crippen LogP contribution >= 0.6 is 23.4 Å². The van der Waals surface area contributed by atoms with Crippen molar-refractivity contribution >= 4 is 46.9 Å². The third-order valence-electron chi connectivity index (χ3n) is 5.08. The average Bonchev–Trinajstić information content (AvgIpc) is 3.24. The molecule has 0 unspecified atom stereocenters. The molecule has 2 amide bonds. The molecule has 1 heterocycles. The zero-order chi connectivity index (χ0) is 27.9. The Hall–Kier alpha value is -3.71. The topological polar surface area (TPSA) is 107 Å². The second-order valence-electron chi connectivity index (χ2n) is 7.65. The first kappa shape index (κ1) is 28.9. The molecule has 0 aliphatic carbocycles. The van der Waals surface area contributed by atoms with Crippen molar-refractivity contribution in [1.82, 2.24) is 20.1 Å². The molecule has 0 radical (unpaired) electrons. The molecule has 0 atom stereocenters. The molecular weight excluding hydrogens is 547 g/mol. The van der Waals surface area contributed by atoms with Crippen molar-refractivity contribution in [3.8, 4) is 11.5 Å². The molecule has 0 aliphatic rings. The van der Waals surface area contributed by atoms with Crippen LogP contribution in [0.4, 0.5) is 18.9 Å². The highest BCUT2D eigenvalue weighted by molar-refractivity contribution is 7.99. The van der Waals surface area contributed by atoms with Gasteiger partial charge in [0, 0.05) is 13.1 Å². The largest absolute Gasteiger partial charge is 0.493 e. The van der Waals surface area contributed by atoms with Gasteiger partial charge in [-0.25, -0.2) is 0 Å². The van der Waals surface area contributed by atoms with Gasteiger partial charge in [-0.1, -0.05) is 29.4 Å². The molecule has 3 aromatic rings. The number of benzene rings is 2. The Morgan fingerprint density at radius 1 is 1.11 bits per heavy atom. The van der Waals surface area contributed by atoms with E-state index < -0.39 is 17.6 Å². The highest BCUT2D eigenvalue weighted by atomic mass is 35.5. The van der Waals surface area contributed by atoms with Gasteiger partial charge >= 0.3 is 6.18 Å². The molecular formula is C24H23ClF3N5O4S. The van der Waals surface area contributed by atoms with Crippen LogP contribution in [-0.4, -0.2) is 46.6 Å². The first-order valence-electron chi connectivity index (χ1n) is 10.9. The SMILES string of the molecule is COc1ccc(/C=C/C(=O)NCc2nnc(SCC(=O)Nc3cc(C(F)(F)F)ccc3Cl)n2C)cc1OC. The lowest BCUT2D eigenvalue weighted by molar-refractivity contribution is -0.137. The van der Waals surface area contributed by atoms with Crippen LogP contribution in [0.3, 0.4) is 0 Å². The van der Waals surface area contributed by atoms with E-state index in [2.05, 4.69) is 20.8 Å². The molecule has 0 bridgehead atoms. The van der Waals surface area contributed by atoms with Gasteiger partial charge in [-0.05, 0) is 42.0 Å². The van der Waals surface area contributed by atoms with Gasteiger partial charge in [0.15, 0.2) is 22.5 Å². The zero-order valence-corrected chi connectivity index (χ0v) is 22.0. The number of nitrogens with zero attached hydrogens (tertiary/aromatic N) is 3. The van der Waals surface area contributed by atoms with Crippen LogP contribution in [0.2, 0.25) is 5.02 Å². The van der Waals surface area contributed by atoms with E-state index in [4.69, 9.17) is 21.1 Å². The monoisotopic (exact) mass is 569 g/mol. The Morgan fingerprint density at radius 2 is 1.84 bits per heavy atom. The fraction of sp³-hybridized carbons (Fsp3) is 0.250. The second-order valence-corrected chi connectivity index (χ2v) is 9.00. The Kier molecular flexibility index (Phi) is 9.64. The summed E-state index contributed by atoms with van der Waals surface area (Å²) < 4.78 is 50.8. The standard InChI is InChI=1S/C24H23ClF3N5O4S/c1-33-20(12-29-21(34)9-5-14-4-8-18(36-2)19(10-14)37-3)31-32-23(33)38-13-22(35)30-17-11-15(24(26,27)28)6-7-16(17)25/h4-11H,12-13H2,1-3H3,(H,29,34)(H,30,35)/b9-5+. The maximum atomic E-state index is 12.9. The van der Waals surface area contributed by atoms with Gasteiger partial charge in [0.25, 0.3) is 0 Å². The summed E-state index contributed by atoms with van der Waals surface area (Å²) in [6.07, 6.45) is -1.59. The van der Waals surface area contributed by atoms with Crippen molar-refractivity contribution in [1.29, 1.82) is 0 Å². The first-order valence-corrected chi connectivity index (χ1v) is 12.2. The van der Waals surface area contributed by atoms with Gasteiger partial charge in [0.05, 0.1) is 42.8 Å². The molecule has 0 saturated carbocycles. The molecule has 3 rings (SSSR count). The molecule has 0 fully saturated rings. The number of alkyl halides is 3. The Bertz CT molecular complexity index is 1350. The van der Waals surface area contributed by atoms with Crippen molar-refractivity contribution in [2.24, 2.45) is 7.05 Å². The number of hydrogen-bond acceptors (Lipinski definition) is 7. The van der Waals surface area contributed by atoms with Crippen molar-refractivity contribution in [3.05, 3.63) is 64.4 Å². The van der Waals surface area contributed by atoms with E-state index in [1.807, 2.05) is 0 Å². The van der Waals surface area contributed by atoms with E-state index in [0.29, 0.717) is 22.5 Å². The Labute approximate surface area is 225 Å². The number of aromatic nitrogens is 3. The van der Waals surface area contributed by atoms with E-state index in [-0.39, 0.29) is 28.9 Å². The number of nitrogens with one attached hydrogen (secondary N) is 2. The van der Waals surface area contributed by atoms with Gasteiger partial charge < -0.3 is 24.7 Å². The van der Waals surface area contributed by atoms with Gasteiger partial charge in [-0.15, -0.1) is 10.2 Å². The van der Waals surface area contributed by atoms with E-state index in [9.17, 15) is 22.8 Å². The number of carbonyl (C=O) groups excluding carboxylic acids is 2. The van der Waals surface area contributed by atoms with E-state index in [0.717, 1.165) is 35.5 Å². The maximum Gasteiger partial charge on any atom is 0.416 e. The second kappa shape index (κ2) is 12.7. The van der Waals surface area contributed by atoms with Gasteiger partial charge in [-0.2, -0.15) is 13.2 Å². The summed E-state index contributed by atoms with van der Waals surface area (Å²) in [5.41, 5.74) is -0.335. The molecule has 14 heteroatoms. The fourth-order valence-electron chi connectivity index (χ4n) is 3.09. The quantitative estimate of drug-likeness (QED) is 0.272. The third-order valence-corrected chi connectivity index (χ3v) is 6.43. The maximum absolute atomic E-state index is 12.9. The molecule has 2 N–H and O–H groups in total. The summed E-state index contributed by atoms with van der Waals surface area (Å²) in [5, 5.41) is 13.4. The van der Waals surface area contributed by atoms with Crippen LogP contribution in [0, 0.1) is 0 Å². The number of rotatable bonds is 10. The first-order chi connectivity index (χ1) is 18.0. The van der Waals surface area contributed by atoms with Gasteiger partial charge in [0.1, 0.15) is 0 Å². The summed E-state index contributed by atoms with van der Waals surface area (Å²) in [6.45, 7) is 0.0746. The summed E-state index contributed by atoms with van der Waals surface area (Å²) >= 11 is 6.94. The van der Waals surface area contributed by atoms with Gasteiger partial charge in [-0.3, -0.25) is 9.59 Å². The lowest BCUT2D eigenvalue weighted by atomic mass is 10.2. The molecule has 1 aromatic heterocycles. The van der Waals surface area contributed by atoms with E-state index in [1.54, 1.807) is 35.9 Å². The lowest BCUT2D eigenvalue weighted by Gasteiger charge is -2.11. The molecule has 38 heavy (non-hydrogen) atoms. The number of ether oxygens (including phenoxy) is 2. The average molecular weight is 570 g/mol. The molecule has 0 saturated heterocycles. The number of carbonyl (C=O) groups is 2. The van der Waals surface area contributed by atoms with Crippen LogP contribution in [0.25, 0.3) is 6.08 Å². The normalized spacial score (nSPS) is 11.4. The Balaban J connectivity index is 1.52. The number of anilines is 1. The van der Waals surface area contributed by atoms with E-state index in [1.165, 1.54) is 20.3 Å². The van der Waals surface area contributed by atoms with Crippen LogP contribution in [0.1, 0.15) is 17.0 Å². The minimum Gasteiger partial charge on any atom is -0.493 e. The predicted molar refractivity (Wildman–Crippen MR) is 137 cm³/mol. The van der Waals surface area contributed by atoms with Gasteiger partial charge in [0.2, 0.25) is 11.8 Å². The fourth-order valence-corrected chi connectivity index (χ4v) is 3.99. The van der Waals surface area contributed by atoms with Crippen molar-refractivity contribution in [2.75, 3.05) is 25.3 Å². The number of amides is 2. The lowest BCUT2D eigenvalue weighted by Crippen LogP contribution is -2.22. The predicted octanol–water partition coefficient (Wildman–Crippen LogP) is 4.56. The number of methoxy groups -OCH3 is 2. The molecule has 0 spiro atoms. The van der Waals surface area contributed by atoms with Crippen LogP contribution < -0.4 is 20.1 Å². The van der Waals surface area contributed by atoms with Crippen LogP contribution in [0.15, 0.2) is 47.6 Å². The molecule has 2 aromatic carbocycles. The van der Waals surface area contributed by atoms with Crippen molar-refractivity contribution in [3.63, 3.8) is 0 Å². The summed E-state index contributed by atoms with van der Waals surface area (Å²) in [6, 6.07) is 7.90. The molecule has 0 aliphatic heterocycles. The minimum absolute atomic E-state index is 0.0202. The molecule has 202 valence electrons. The van der Waals surface area contributed by atoms with Crippen molar-refractivity contribution < 1.29 is 32.2 Å².